The van der Waals surface area contributed by atoms with Crippen molar-refractivity contribution in [3.05, 3.63) is 0 Å². The predicted molar refractivity (Wildman–Crippen MR) is 243 cm³/mol. The number of ether oxygens (including phenoxy) is 2. The monoisotopic (exact) mass is 794 g/mol. The number of nitrogens with zero attached hydrogens (tertiary/aromatic N) is 1. The zero-order valence-corrected chi connectivity index (χ0v) is 38.4. The van der Waals surface area contributed by atoms with Gasteiger partial charge in [0.15, 0.2) is 0 Å². The average Bonchev–Trinajstić information content (AvgIpc) is 3.18. The van der Waals surface area contributed by atoms with Gasteiger partial charge in [0, 0.05) is 12.8 Å². The van der Waals surface area contributed by atoms with E-state index in [0.717, 1.165) is 57.8 Å². The molecule has 0 aromatic rings. The van der Waals surface area contributed by atoms with Crippen LogP contribution in [0, 0.1) is 0 Å². The Morgan fingerprint density at radius 2 is 0.800 bits per heavy atom. The average molecular weight is 794 g/mol. The molecule has 55 heavy (non-hydrogen) atoms. The van der Waals surface area contributed by atoms with Gasteiger partial charge in [0.2, 0.25) is 0 Å². The zero-order valence-electron chi connectivity index (χ0n) is 37.6. The maximum absolute atomic E-state index is 12.8. The second-order valence-corrected chi connectivity index (χ2v) is 17.4. The van der Waals surface area contributed by atoms with Crippen molar-refractivity contribution in [3.8, 4) is 0 Å². The topological polar surface area (TPSA) is 55.8 Å². The van der Waals surface area contributed by atoms with Crippen molar-refractivity contribution in [2.45, 2.75) is 271 Å². The van der Waals surface area contributed by atoms with Gasteiger partial charge in [-0.3, -0.25) is 9.59 Å². The number of hydrogen-bond donors (Lipinski definition) is 0. The van der Waals surface area contributed by atoms with Crippen molar-refractivity contribution in [1.29, 1.82) is 0 Å². The molecule has 5 nitrogen and oxygen atoms in total. The summed E-state index contributed by atoms with van der Waals surface area (Å²) in [7, 11) is 0. The first-order chi connectivity index (χ1) is 27.0. The summed E-state index contributed by atoms with van der Waals surface area (Å²) in [4.78, 5) is 28.8. The van der Waals surface area contributed by atoms with Gasteiger partial charge in [-0.15, -0.1) is 0 Å². The fraction of sp³-hybridized carbons (Fsp3) is 0.939. The van der Waals surface area contributed by atoms with E-state index < -0.39 is 0 Å². The van der Waals surface area contributed by atoms with E-state index in [1.165, 1.54) is 191 Å². The summed E-state index contributed by atoms with van der Waals surface area (Å²) < 4.78 is 11.5. The molecule has 0 aliphatic carbocycles. The molecular weight excluding hydrogens is 699 g/mol. The van der Waals surface area contributed by atoms with Gasteiger partial charge in [-0.25, -0.2) is 0 Å². The number of rotatable bonds is 45. The highest BCUT2D eigenvalue weighted by Gasteiger charge is 2.14. The molecule has 0 atom stereocenters. The lowest BCUT2D eigenvalue weighted by molar-refractivity contribution is -0.150. The van der Waals surface area contributed by atoms with Gasteiger partial charge < -0.3 is 14.4 Å². The van der Waals surface area contributed by atoms with Crippen LogP contribution in [0.2, 0.25) is 0 Å². The standard InChI is InChI=1S/C49H95NO4S/c1-5-9-12-15-18-27-36-45-53-48(51)40-30-23-19-25-33-42-50(44-35-32-39-47(55)8-4)43-34-26-20-24-31-41-49(52)54-46(37-28-21-16-13-10-6-2)38-29-22-17-14-11-7-3/h46H,5-45H2,1-4H3. The molecule has 0 rings (SSSR count). The van der Waals surface area contributed by atoms with E-state index in [1.807, 2.05) is 0 Å². The van der Waals surface area contributed by atoms with E-state index in [-0.39, 0.29) is 18.0 Å². The fourth-order valence-corrected chi connectivity index (χ4v) is 7.71. The van der Waals surface area contributed by atoms with Crippen LogP contribution >= 0.6 is 12.2 Å². The minimum absolute atomic E-state index is 0.00844. The van der Waals surface area contributed by atoms with Crippen molar-refractivity contribution in [2.24, 2.45) is 0 Å². The molecule has 0 aromatic heterocycles. The molecule has 0 saturated heterocycles. The van der Waals surface area contributed by atoms with Gasteiger partial charge in [-0.2, -0.15) is 0 Å². The Kier molecular flexibility index (Phi) is 43.3. The van der Waals surface area contributed by atoms with Crippen LogP contribution in [0.4, 0.5) is 0 Å². The minimum Gasteiger partial charge on any atom is -0.466 e. The third-order valence-electron chi connectivity index (χ3n) is 11.4. The molecule has 0 N–H and O–H groups in total. The molecule has 326 valence electrons. The molecule has 0 heterocycles. The Hall–Kier alpha value is -1.01. The highest BCUT2D eigenvalue weighted by molar-refractivity contribution is 7.80. The van der Waals surface area contributed by atoms with Crippen molar-refractivity contribution in [1.82, 2.24) is 4.90 Å². The SMILES string of the molecule is CCCCCCCCCOC(=O)CCCCCCCN(CCCCCCCC(=O)OC(CCCCCCCC)CCCCCCCC)CCCCC(=S)CC. The maximum atomic E-state index is 12.8. The molecule has 0 fully saturated rings. The van der Waals surface area contributed by atoms with Crippen LogP contribution in [-0.2, 0) is 19.1 Å². The van der Waals surface area contributed by atoms with Crippen molar-refractivity contribution < 1.29 is 19.1 Å². The van der Waals surface area contributed by atoms with Crippen LogP contribution in [0.25, 0.3) is 0 Å². The van der Waals surface area contributed by atoms with E-state index >= 15 is 0 Å². The summed E-state index contributed by atoms with van der Waals surface area (Å²) in [6, 6.07) is 0. The molecule has 0 saturated carbocycles. The molecule has 0 amide bonds. The Morgan fingerprint density at radius 3 is 1.27 bits per heavy atom. The van der Waals surface area contributed by atoms with Gasteiger partial charge in [-0.05, 0) is 108 Å². The van der Waals surface area contributed by atoms with Crippen molar-refractivity contribution in [3.63, 3.8) is 0 Å². The lowest BCUT2D eigenvalue weighted by Gasteiger charge is -2.22. The van der Waals surface area contributed by atoms with E-state index in [1.54, 1.807) is 0 Å². The van der Waals surface area contributed by atoms with Crippen LogP contribution in [-0.4, -0.2) is 54.0 Å². The summed E-state index contributed by atoms with van der Waals surface area (Å²) in [5.74, 6) is 0.0281. The van der Waals surface area contributed by atoms with Gasteiger partial charge in [0.25, 0.3) is 0 Å². The molecular formula is C49H95NO4S. The molecule has 0 aliphatic rings. The first-order valence-corrected chi connectivity index (χ1v) is 25.0. The van der Waals surface area contributed by atoms with Crippen LogP contribution in [0.1, 0.15) is 265 Å². The van der Waals surface area contributed by atoms with Crippen molar-refractivity contribution in [2.75, 3.05) is 26.2 Å². The first-order valence-electron chi connectivity index (χ1n) is 24.6. The summed E-state index contributed by atoms with van der Waals surface area (Å²) in [6.45, 7) is 13.1. The molecule has 0 aliphatic heterocycles. The van der Waals surface area contributed by atoms with E-state index in [4.69, 9.17) is 21.7 Å². The maximum Gasteiger partial charge on any atom is 0.306 e. The van der Waals surface area contributed by atoms with Crippen LogP contribution in [0.15, 0.2) is 0 Å². The van der Waals surface area contributed by atoms with Gasteiger partial charge in [0.05, 0.1) is 6.61 Å². The highest BCUT2D eigenvalue weighted by atomic mass is 32.1. The molecule has 0 spiro atoms. The Bertz CT molecular complexity index is 820. The van der Waals surface area contributed by atoms with Gasteiger partial charge in [-0.1, -0.05) is 181 Å². The van der Waals surface area contributed by atoms with E-state index in [2.05, 4.69) is 32.6 Å². The molecule has 0 aromatic carbocycles. The second kappa shape index (κ2) is 44.1. The zero-order chi connectivity index (χ0) is 40.3. The number of carbonyl (C=O) groups is 2. The number of esters is 2. The van der Waals surface area contributed by atoms with E-state index in [0.29, 0.717) is 19.4 Å². The summed E-state index contributed by atoms with van der Waals surface area (Å²) >= 11 is 5.47. The molecule has 6 heteroatoms. The predicted octanol–water partition coefficient (Wildman–Crippen LogP) is 15.6. The van der Waals surface area contributed by atoms with Gasteiger partial charge >= 0.3 is 11.9 Å². The van der Waals surface area contributed by atoms with Crippen LogP contribution in [0.5, 0.6) is 0 Å². The number of carbonyl (C=O) groups excluding carboxylic acids is 2. The normalized spacial score (nSPS) is 11.5. The Morgan fingerprint density at radius 1 is 0.436 bits per heavy atom. The summed E-state index contributed by atoms with van der Waals surface area (Å²) in [6.07, 6.45) is 43.6. The second-order valence-electron chi connectivity index (χ2n) is 16.8. The first kappa shape index (κ1) is 54.0. The molecule has 0 radical (unpaired) electrons. The number of thiocarbonyl (C=S) groups is 1. The lowest BCUT2D eigenvalue weighted by Crippen LogP contribution is -2.27. The Labute approximate surface area is 349 Å². The van der Waals surface area contributed by atoms with Crippen LogP contribution in [0.3, 0.4) is 0 Å². The fourth-order valence-electron chi connectivity index (χ4n) is 7.57. The van der Waals surface area contributed by atoms with E-state index in [9.17, 15) is 9.59 Å². The smallest absolute Gasteiger partial charge is 0.306 e. The number of hydrogen-bond acceptors (Lipinski definition) is 6. The summed E-state index contributed by atoms with van der Waals surface area (Å²) in [5, 5.41) is 0. The minimum atomic E-state index is -0.00844. The molecule has 0 unspecified atom stereocenters. The van der Waals surface area contributed by atoms with Crippen molar-refractivity contribution >= 4 is 29.0 Å². The highest BCUT2D eigenvalue weighted by Crippen LogP contribution is 2.19. The third-order valence-corrected chi connectivity index (χ3v) is 11.8. The number of unbranched alkanes of at least 4 members (excludes halogenated alkanes) is 25. The third kappa shape index (κ3) is 41.0. The quantitative estimate of drug-likeness (QED) is 0.0348. The lowest BCUT2D eigenvalue weighted by atomic mass is 10.0. The van der Waals surface area contributed by atoms with Gasteiger partial charge in [0.1, 0.15) is 6.10 Å². The largest absolute Gasteiger partial charge is 0.466 e. The summed E-state index contributed by atoms with van der Waals surface area (Å²) in [5.41, 5.74) is 0. The van der Waals surface area contributed by atoms with Crippen LogP contribution < -0.4 is 0 Å². The molecule has 0 bridgehead atoms. The Balaban J connectivity index is 4.29.